The van der Waals surface area contributed by atoms with Gasteiger partial charge in [0, 0.05) is 37.1 Å². The van der Waals surface area contributed by atoms with Gasteiger partial charge < -0.3 is 19.9 Å². The van der Waals surface area contributed by atoms with Crippen LogP contribution in [0.4, 0.5) is 11.4 Å². The van der Waals surface area contributed by atoms with Crippen molar-refractivity contribution in [3.8, 4) is 0 Å². The largest absolute Gasteiger partial charge is 0.372 e. The normalized spacial score (nSPS) is 22.0. The summed E-state index contributed by atoms with van der Waals surface area (Å²) in [6.45, 7) is 3.63. The van der Waals surface area contributed by atoms with Crippen LogP contribution >= 0.6 is 0 Å². The molecule has 0 spiro atoms. The molecule has 5 rings (SSSR count). The maximum atomic E-state index is 6.26. The molecule has 154 valence electrons. The standard InChI is InChI=1S/C26H29N3O/c1-4-10-21(11-5-1)20-30-24-18-25(27-19-24)26-28(22-12-6-2-7-13-22)16-17-29(26)23-14-8-3-9-15-23/h1-15,24-27H,16-20H2/t24-,25+/m1/s1. The van der Waals surface area contributed by atoms with Crippen LogP contribution in [0.3, 0.4) is 0 Å². The van der Waals surface area contributed by atoms with E-state index in [9.17, 15) is 0 Å². The van der Waals surface area contributed by atoms with Gasteiger partial charge in [0.25, 0.3) is 0 Å². The first-order valence-electron chi connectivity index (χ1n) is 10.9. The SMILES string of the molecule is c1ccc(CO[C@H]2CN[C@H](C3N(c4ccccc4)CCN3c3ccccc3)C2)cc1. The van der Waals surface area contributed by atoms with E-state index in [1.807, 2.05) is 6.07 Å². The van der Waals surface area contributed by atoms with Gasteiger partial charge in [-0.25, -0.2) is 0 Å². The summed E-state index contributed by atoms with van der Waals surface area (Å²) in [7, 11) is 0. The van der Waals surface area contributed by atoms with E-state index in [0.29, 0.717) is 12.6 Å². The van der Waals surface area contributed by atoms with Crippen molar-refractivity contribution in [1.82, 2.24) is 5.32 Å². The molecule has 2 heterocycles. The van der Waals surface area contributed by atoms with Crippen LogP contribution in [0.2, 0.25) is 0 Å². The Hall–Kier alpha value is -2.82. The van der Waals surface area contributed by atoms with Crippen LogP contribution in [-0.2, 0) is 11.3 Å². The first-order chi connectivity index (χ1) is 14.9. The lowest BCUT2D eigenvalue weighted by Crippen LogP contribution is -2.51. The Kier molecular flexibility index (Phi) is 5.69. The average Bonchev–Trinajstić information content (AvgIpc) is 3.47. The maximum Gasteiger partial charge on any atom is 0.117 e. The molecule has 2 aliphatic rings. The summed E-state index contributed by atoms with van der Waals surface area (Å²) in [5, 5.41) is 3.78. The smallest absolute Gasteiger partial charge is 0.117 e. The molecule has 3 aromatic carbocycles. The Labute approximate surface area is 179 Å². The Morgan fingerprint density at radius 2 is 1.27 bits per heavy atom. The van der Waals surface area contributed by atoms with Gasteiger partial charge in [-0.15, -0.1) is 0 Å². The molecular formula is C26H29N3O. The van der Waals surface area contributed by atoms with Gasteiger partial charge in [-0.3, -0.25) is 0 Å². The van der Waals surface area contributed by atoms with Crippen molar-refractivity contribution in [2.75, 3.05) is 29.4 Å². The highest BCUT2D eigenvalue weighted by atomic mass is 16.5. The molecule has 4 heteroatoms. The van der Waals surface area contributed by atoms with Gasteiger partial charge in [0.15, 0.2) is 0 Å². The fourth-order valence-corrected chi connectivity index (χ4v) is 4.76. The number of anilines is 2. The summed E-state index contributed by atoms with van der Waals surface area (Å²) in [5.41, 5.74) is 3.81. The molecule has 3 aromatic rings. The Balaban J connectivity index is 1.33. The second-order valence-electron chi connectivity index (χ2n) is 8.14. The van der Waals surface area contributed by atoms with E-state index in [0.717, 1.165) is 26.1 Å². The highest BCUT2D eigenvalue weighted by Gasteiger charge is 2.41. The van der Waals surface area contributed by atoms with E-state index in [1.165, 1.54) is 16.9 Å². The van der Waals surface area contributed by atoms with Gasteiger partial charge in [-0.05, 0) is 36.2 Å². The predicted octanol–water partition coefficient (Wildman–Crippen LogP) is 4.29. The van der Waals surface area contributed by atoms with Crippen LogP contribution in [0.15, 0.2) is 91.0 Å². The third kappa shape index (κ3) is 4.07. The topological polar surface area (TPSA) is 27.7 Å². The van der Waals surface area contributed by atoms with Crippen LogP contribution in [0.5, 0.6) is 0 Å². The Bertz CT molecular complexity index is 871. The molecular weight excluding hydrogens is 370 g/mol. The van der Waals surface area contributed by atoms with E-state index in [-0.39, 0.29) is 12.3 Å². The molecule has 0 unspecified atom stereocenters. The number of rotatable bonds is 6. The molecule has 0 saturated carbocycles. The minimum atomic E-state index is 0.242. The van der Waals surface area contributed by atoms with Crippen molar-refractivity contribution in [1.29, 1.82) is 0 Å². The molecule has 2 saturated heterocycles. The third-order valence-electron chi connectivity index (χ3n) is 6.21. The molecule has 2 fully saturated rings. The van der Waals surface area contributed by atoms with Crippen molar-refractivity contribution in [2.24, 2.45) is 0 Å². The van der Waals surface area contributed by atoms with Crippen LogP contribution in [0.25, 0.3) is 0 Å². The summed E-state index contributed by atoms with van der Waals surface area (Å²) in [4.78, 5) is 5.09. The van der Waals surface area contributed by atoms with E-state index in [4.69, 9.17) is 4.74 Å². The summed E-state index contributed by atoms with van der Waals surface area (Å²) >= 11 is 0. The summed E-state index contributed by atoms with van der Waals surface area (Å²) in [5.74, 6) is 0. The zero-order chi connectivity index (χ0) is 20.2. The van der Waals surface area contributed by atoms with Crippen LogP contribution < -0.4 is 15.1 Å². The molecule has 2 atom stereocenters. The quantitative estimate of drug-likeness (QED) is 0.669. The lowest BCUT2D eigenvalue weighted by atomic mass is 10.1. The predicted molar refractivity (Wildman–Crippen MR) is 123 cm³/mol. The van der Waals surface area contributed by atoms with E-state index in [2.05, 4.69) is 100 Å². The number of hydrogen-bond acceptors (Lipinski definition) is 4. The number of hydrogen-bond donors (Lipinski definition) is 1. The van der Waals surface area contributed by atoms with Gasteiger partial charge in [-0.2, -0.15) is 0 Å². The molecule has 30 heavy (non-hydrogen) atoms. The average molecular weight is 400 g/mol. The van der Waals surface area contributed by atoms with Crippen LogP contribution in [0.1, 0.15) is 12.0 Å². The number of ether oxygens (including phenoxy) is 1. The minimum Gasteiger partial charge on any atom is -0.372 e. The molecule has 1 N–H and O–H groups in total. The van der Waals surface area contributed by atoms with E-state index >= 15 is 0 Å². The lowest BCUT2D eigenvalue weighted by molar-refractivity contribution is 0.0521. The number of nitrogens with one attached hydrogen (secondary N) is 1. The van der Waals surface area contributed by atoms with E-state index in [1.54, 1.807) is 0 Å². The second kappa shape index (κ2) is 8.90. The molecule has 0 bridgehead atoms. The van der Waals surface area contributed by atoms with Crippen molar-refractivity contribution < 1.29 is 4.74 Å². The molecule has 0 radical (unpaired) electrons. The zero-order valence-corrected chi connectivity index (χ0v) is 17.2. The fraction of sp³-hybridized carbons (Fsp3) is 0.308. The molecule has 2 aliphatic heterocycles. The van der Waals surface area contributed by atoms with Gasteiger partial charge in [0.2, 0.25) is 0 Å². The van der Waals surface area contributed by atoms with Crippen molar-refractivity contribution in [3.05, 3.63) is 96.6 Å². The van der Waals surface area contributed by atoms with Crippen LogP contribution in [-0.4, -0.2) is 37.9 Å². The third-order valence-corrected chi connectivity index (χ3v) is 6.21. The maximum absolute atomic E-state index is 6.26. The summed E-state index contributed by atoms with van der Waals surface area (Å²) < 4.78 is 6.26. The first-order valence-corrected chi connectivity index (χ1v) is 10.9. The molecule has 0 amide bonds. The number of nitrogens with zero attached hydrogens (tertiary/aromatic N) is 2. The second-order valence-corrected chi connectivity index (χ2v) is 8.14. The summed E-state index contributed by atoms with van der Waals surface area (Å²) in [6.07, 6.45) is 1.54. The minimum absolute atomic E-state index is 0.242. The number of benzene rings is 3. The Morgan fingerprint density at radius 1 is 0.733 bits per heavy atom. The monoisotopic (exact) mass is 399 g/mol. The first kappa shape index (κ1) is 19.2. The molecule has 4 nitrogen and oxygen atoms in total. The number of para-hydroxylation sites is 2. The van der Waals surface area contributed by atoms with Crippen molar-refractivity contribution in [3.63, 3.8) is 0 Å². The van der Waals surface area contributed by atoms with E-state index < -0.39 is 0 Å². The fourth-order valence-electron chi connectivity index (χ4n) is 4.76. The summed E-state index contributed by atoms with van der Waals surface area (Å²) in [6, 6.07) is 32.4. The van der Waals surface area contributed by atoms with Crippen molar-refractivity contribution in [2.45, 2.75) is 31.3 Å². The van der Waals surface area contributed by atoms with Crippen molar-refractivity contribution >= 4 is 11.4 Å². The molecule has 0 aliphatic carbocycles. The van der Waals surface area contributed by atoms with Gasteiger partial charge in [-0.1, -0.05) is 66.7 Å². The van der Waals surface area contributed by atoms with Gasteiger partial charge in [0.1, 0.15) is 6.17 Å². The highest BCUT2D eigenvalue weighted by Crippen LogP contribution is 2.32. The molecule has 0 aromatic heterocycles. The zero-order valence-electron chi connectivity index (χ0n) is 17.2. The lowest BCUT2D eigenvalue weighted by Gasteiger charge is -2.37. The highest BCUT2D eigenvalue weighted by molar-refractivity contribution is 5.57. The Morgan fingerprint density at radius 3 is 1.83 bits per heavy atom. The van der Waals surface area contributed by atoms with Gasteiger partial charge in [0.05, 0.1) is 12.7 Å². The van der Waals surface area contributed by atoms with Crippen LogP contribution in [0, 0.1) is 0 Å². The van der Waals surface area contributed by atoms with Gasteiger partial charge >= 0.3 is 0 Å².